The van der Waals surface area contributed by atoms with Gasteiger partial charge in [-0.2, -0.15) is 0 Å². The molecule has 1 aliphatic heterocycles. The standard InChI is InChI=1S/C22H23N7O2/c1-15-25-20-18(3-2-6-23-20)21(26-15)28-9-7-27(8-10-28)16-4-5-17-19(13-16)24-14-29(11-12-30)22(17)31/h2-6,13-14,30H,7-12H2,1H3. The first-order chi connectivity index (χ1) is 15.1. The van der Waals surface area contributed by atoms with Crippen molar-refractivity contribution in [2.75, 3.05) is 42.6 Å². The lowest BCUT2D eigenvalue weighted by Gasteiger charge is -2.37. The largest absolute Gasteiger partial charge is 0.395 e. The molecule has 9 heteroatoms. The minimum atomic E-state index is -0.130. The lowest BCUT2D eigenvalue weighted by molar-refractivity contribution is 0.274. The molecule has 0 unspecified atom stereocenters. The van der Waals surface area contributed by atoms with E-state index < -0.39 is 0 Å². The third-order valence-electron chi connectivity index (χ3n) is 5.66. The van der Waals surface area contributed by atoms with Crippen molar-refractivity contribution in [2.45, 2.75) is 13.5 Å². The van der Waals surface area contributed by atoms with E-state index in [-0.39, 0.29) is 18.7 Å². The molecule has 0 aliphatic carbocycles. The minimum absolute atomic E-state index is 0.0906. The summed E-state index contributed by atoms with van der Waals surface area (Å²) >= 11 is 0. The molecule has 1 fully saturated rings. The number of nitrogens with zero attached hydrogens (tertiary/aromatic N) is 7. The number of aliphatic hydroxyl groups excluding tert-OH is 1. The summed E-state index contributed by atoms with van der Waals surface area (Å²) in [6.45, 7) is 5.36. The second kappa shape index (κ2) is 7.92. The first-order valence-electron chi connectivity index (χ1n) is 10.3. The van der Waals surface area contributed by atoms with Crippen molar-refractivity contribution < 1.29 is 5.11 Å². The van der Waals surface area contributed by atoms with Crippen LogP contribution in [-0.4, -0.2) is 62.4 Å². The third-order valence-corrected chi connectivity index (χ3v) is 5.66. The fourth-order valence-electron chi connectivity index (χ4n) is 4.08. The molecule has 0 spiro atoms. The van der Waals surface area contributed by atoms with E-state index in [0.29, 0.717) is 10.9 Å². The molecular weight excluding hydrogens is 394 g/mol. The van der Waals surface area contributed by atoms with Crippen LogP contribution in [0, 0.1) is 6.92 Å². The Balaban J connectivity index is 1.38. The summed E-state index contributed by atoms with van der Waals surface area (Å²) < 4.78 is 1.43. The molecule has 0 radical (unpaired) electrons. The van der Waals surface area contributed by atoms with Gasteiger partial charge in [-0.15, -0.1) is 0 Å². The van der Waals surface area contributed by atoms with Crippen molar-refractivity contribution in [3.63, 3.8) is 0 Å². The van der Waals surface area contributed by atoms with Crippen molar-refractivity contribution in [3.05, 3.63) is 59.0 Å². The highest BCUT2D eigenvalue weighted by Gasteiger charge is 2.21. The summed E-state index contributed by atoms with van der Waals surface area (Å²) in [6, 6.07) is 9.69. The fourth-order valence-corrected chi connectivity index (χ4v) is 4.08. The van der Waals surface area contributed by atoms with Crippen molar-refractivity contribution >= 4 is 33.4 Å². The number of aromatic nitrogens is 5. The summed E-state index contributed by atoms with van der Waals surface area (Å²) in [6.07, 6.45) is 3.25. The highest BCUT2D eigenvalue weighted by Crippen LogP contribution is 2.26. The Morgan fingerprint density at radius 2 is 1.81 bits per heavy atom. The number of hydrogen-bond acceptors (Lipinski definition) is 8. The fraction of sp³-hybridized carbons (Fsp3) is 0.318. The number of aryl methyl sites for hydroxylation is 1. The van der Waals surface area contributed by atoms with Crippen LogP contribution in [0.15, 0.2) is 47.7 Å². The van der Waals surface area contributed by atoms with Gasteiger partial charge < -0.3 is 14.9 Å². The van der Waals surface area contributed by atoms with Crippen LogP contribution in [0.2, 0.25) is 0 Å². The van der Waals surface area contributed by atoms with E-state index in [1.54, 1.807) is 6.20 Å². The van der Waals surface area contributed by atoms with Gasteiger partial charge in [-0.1, -0.05) is 0 Å². The van der Waals surface area contributed by atoms with E-state index in [1.807, 2.05) is 37.3 Å². The Bertz CT molecular complexity index is 1310. The number of fused-ring (bicyclic) bond motifs is 2. The molecule has 31 heavy (non-hydrogen) atoms. The summed E-state index contributed by atoms with van der Waals surface area (Å²) in [5, 5.41) is 10.6. The van der Waals surface area contributed by atoms with E-state index in [4.69, 9.17) is 5.11 Å². The van der Waals surface area contributed by atoms with Crippen molar-refractivity contribution in [1.29, 1.82) is 0 Å². The summed E-state index contributed by atoms with van der Waals surface area (Å²) in [5.41, 5.74) is 2.31. The van der Waals surface area contributed by atoms with Gasteiger partial charge in [0.1, 0.15) is 11.6 Å². The van der Waals surface area contributed by atoms with Crippen LogP contribution in [0.3, 0.4) is 0 Å². The summed E-state index contributed by atoms with van der Waals surface area (Å²) in [5.74, 6) is 1.65. The second-order valence-electron chi connectivity index (χ2n) is 7.61. The van der Waals surface area contributed by atoms with Crippen LogP contribution in [0.4, 0.5) is 11.5 Å². The number of piperazine rings is 1. The molecule has 4 heterocycles. The maximum atomic E-state index is 12.5. The number of anilines is 2. The predicted octanol–water partition coefficient (Wildman–Crippen LogP) is 1.36. The Morgan fingerprint density at radius 3 is 2.61 bits per heavy atom. The zero-order valence-electron chi connectivity index (χ0n) is 17.3. The highest BCUT2D eigenvalue weighted by molar-refractivity contribution is 5.87. The van der Waals surface area contributed by atoms with Crippen LogP contribution >= 0.6 is 0 Å². The maximum Gasteiger partial charge on any atom is 0.261 e. The van der Waals surface area contributed by atoms with Gasteiger partial charge in [0.15, 0.2) is 5.65 Å². The molecule has 3 aromatic heterocycles. The summed E-state index contributed by atoms with van der Waals surface area (Å²) in [4.78, 5) is 35.0. The lowest BCUT2D eigenvalue weighted by Crippen LogP contribution is -2.47. The maximum absolute atomic E-state index is 12.5. The molecule has 1 N–H and O–H groups in total. The first-order valence-corrected chi connectivity index (χ1v) is 10.3. The first kappa shape index (κ1) is 19.4. The van der Waals surface area contributed by atoms with Crippen LogP contribution in [-0.2, 0) is 6.54 Å². The van der Waals surface area contributed by atoms with Crippen LogP contribution < -0.4 is 15.4 Å². The SMILES string of the molecule is Cc1nc(N2CCN(c3ccc4c(=O)n(CCO)cnc4c3)CC2)c2cccnc2n1. The van der Waals surface area contributed by atoms with Gasteiger partial charge >= 0.3 is 0 Å². The van der Waals surface area contributed by atoms with Gasteiger partial charge in [-0.25, -0.2) is 19.9 Å². The molecule has 5 rings (SSSR count). The van der Waals surface area contributed by atoms with Crippen molar-refractivity contribution in [1.82, 2.24) is 24.5 Å². The molecule has 0 amide bonds. The monoisotopic (exact) mass is 417 g/mol. The highest BCUT2D eigenvalue weighted by atomic mass is 16.3. The molecule has 0 atom stereocenters. The van der Waals surface area contributed by atoms with Gasteiger partial charge in [0.05, 0.1) is 35.8 Å². The minimum Gasteiger partial charge on any atom is -0.395 e. The quantitative estimate of drug-likeness (QED) is 0.531. The molecular formula is C22H23N7O2. The average Bonchev–Trinajstić information content (AvgIpc) is 2.80. The predicted molar refractivity (Wildman–Crippen MR) is 120 cm³/mol. The molecule has 9 nitrogen and oxygen atoms in total. The van der Waals surface area contributed by atoms with Crippen LogP contribution in [0.1, 0.15) is 5.82 Å². The van der Waals surface area contributed by atoms with E-state index >= 15 is 0 Å². The van der Waals surface area contributed by atoms with Gasteiger partial charge in [-0.05, 0) is 37.3 Å². The number of aliphatic hydroxyl groups is 1. The average molecular weight is 417 g/mol. The Morgan fingerprint density at radius 1 is 1.00 bits per heavy atom. The van der Waals surface area contributed by atoms with E-state index in [0.717, 1.165) is 54.5 Å². The molecule has 0 bridgehead atoms. The number of rotatable bonds is 4. The van der Waals surface area contributed by atoms with Crippen molar-refractivity contribution in [3.8, 4) is 0 Å². The zero-order valence-corrected chi connectivity index (χ0v) is 17.3. The smallest absolute Gasteiger partial charge is 0.261 e. The molecule has 1 saturated heterocycles. The number of hydrogen-bond donors (Lipinski definition) is 1. The second-order valence-corrected chi connectivity index (χ2v) is 7.61. The number of pyridine rings is 1. The molecule has 1 aliphatic rings. The van der Waals surface area contributed by atoms with Gasteiger partial charge in [0.2, 0.25) is 0 Å². The van der Waals surface area contributed by atoms with Gasteiger partial charge in [0, 0.05) is 38.1 Å². The normalized spacial score (nSPS) is 14.5. The number of benzene rings is 1. The summed E-state index contributed by atoms with van der Waals surface area (Å²) in [7, 11) is 0. The van der Waals surface area contributed by atoms with E-state index in [2.05, 4.69) is 29.7 Å². The third kappa shape index (κ3) is 3.57. The van der Waals surface area contributed by atoms with Gasteiger partial charge in [0.25, 0.3) is 5.56 Å². The topological polar surface area (TPSA) is 100 Å². The van der Waals surface area contributed by atoms with E-state index in [9.17, 15) is 4.79 Å². The van der Waals surface area contributed by atoms with E-state index in [1.165, 1.54) is 10.9 Å². The molecule has 158 valence electrons. The van der Waals surface area contributed by atoms with Crippen LogP contribution in [0.25, 0.3) is 21.9 Å². The lowest BCUT2D eigenvalue weighted by atomic mass is 10.2. The Labute approximate surface area is 178 Å². The van der Waals surface area contributed by atoms with Gasteiger partial charge in [-0.3, -0.25) is 9.36 Å². The molecule has 1 aromatic carbocycles. The molecule has 0 saturated carbocycles. The van der Waals surface area contributed by atoms with Crippen LogP contribution in [0.5, 0.6) is 0 Å². The Hall–Kier alpha value is -3.59. The van der Waals surface area contributed by atoms with Crippen molar-refractivity contribution in [2.24, 2.45) is 0 Å². The molecule has 4 aromatic rings. The Kier molecular flexibility index (Phi) is 4.95. The zero-order chi connectivity index (χ0) is 21.4.